The Kier molecular flexibility index (Phi) is 7.02. The van der Waals surface area contributed by atoms with Crippen molar-refractivity contribution in [2.75, 3.05) is 13.2 Å². The predicted octanol–water partition coefficient (Wildman–Crippen LogP) is 2.72. The van der Waals surface area contributed by atoms with Crippen molar-refractivity contribution in [3.8, 4) is 11.5 Å². The lowest BCUT2D eigenvalue weighted by Crippen LogP contribution is -2.45. The second-order valence-corrected chi connectivity index (χ2v) is 6.21. The van der Waals surface area contributed by atoms with Gasteiger partial charge in [0.2, 0.25) is 0 Å². The number of amides is 2. The van der Waals surface area contributed by atoms with Gasteiger partial charge in [-0.3, -0.25) is 20.4 Å². The van der Waals surface area contributed by atoms with Crippen molar-refractivity contribution in [2.24, 2.45) is 0 Å². The van der Waals surface area contributed by atoms with E-state index in [0.29, 0.717) is 17.4 Å². The van der Waals surface area contributed by atoms with E-state index in [1.54, 1.807) is 6.07 Å². The molecule has 0 radical (unpaired) electrons. The molecule has 26 heavy (non-hydrogen) atoms. The van der Waals surface area contributed by atoms with Crippen molar-refractivity contribution in [1.29, 1.82) is 0 Å². The maximum atomic E-state index is 11.7. The van der Waals surface area contributed by atoms with Crippen LogP contribution < -0.4 is 20.3 Å². The highest BCUT2D eigenvalue weighted by molar-refractivity contribution is 5.83. The number of carbonyl (C=O) groups excluding carboxylic acids is 2. The van der Waals surface area contributed by atoms with Crippen LogP contribution in [0.25, 0.3) is 0 Å². The van der Waals surface area contributed by atoms with Crippen LogP contribution in [0.4, 0.5) is 0 Å². The normalized spacial score (nSPS) is 10.3. The van der Waals surface area contributed by atoms with Crippen LogP contribution in [0.15, 0.2) is 48.5 Å². The molecule has 0 saturated carbocycles. The van der Waals surface area contributed by atoms with Crippen molar-refractivity contribution < 1.29 is 19.1 Å². The van der Waals surface area contributed by atoms with E-state index in [-0.39, 0.29) is 13.2 Å². The minimum atomic E-state index is -0.457. The van der Waals surface area contributed by atoms with Gasteiger partial charge in [0.1, 0.15) is 11.5 Å². The molecule has 0 aliphatic heterocycles. The van der Waals surface area contributed by atoms with Crippen molar-refractivity contribution >= 4 is 11.8 Å². The summed E-state index contributed by atoms with van der Waals surface area (Å²) in [5.74, 6) is 0.714. The van der Waals surface area contributed by atoms with Gasteiger partial charge in [0.15, 0.2) is 13.2 Å². The Morgan fingerprint density at radius 2 is 1.46 bits per heavy atom. The van der Waals surface area contributed by atoms with Crippen LogP contribution in [0.3, 0.4) is 0 Å². The summed E-state index contributed by atoms with van der Waals surface area (Å²) in [7, 11) is 0. The van der Waals surface area contributed by atoms with E-state index >= 15 is 0 Å². The molecule has 6 heteroatoms. The van der Waals surface area contributed by atoms with Gasteiger partial charge < -0.3 is 9.47 Å². The second kappa shape index (κ2) is 9.46. The summed E-state index contributed by atoms with van der Waals surface area (Å²) < 4.78 is 10.7. The van der Waals surface area contributed by atoms with Gasteiger partial charge in [-0.05, 0) is 48.2 Å². The highest BCUT2D eigenvalue weighted by Gasteiger charge is 2.07. The van der Waals surface area contributed by atoms with Crippen molar-refractivity contribution in [1.82, 2.24) is 10.9 Å². The molecular weight excluding hydrogens is 332 g/mol. The van der Waals surface area contributed by atoms with Gasteiger partial charge >= 0.3 is 0 Å². The van der Waals surface area contributed by atoms with E-state index in [0.717, 1.165) is 5.56 Å². The zero-order valence-corrected chi connectivity index (χ0v) is 15.2. The van der Waals surface area contributed by atoms with Crippen LogP contribution in [-0.4, -0.2) is 25.0 Å². The molecule has 2 aromatic rings. The summed E-state index contributed by atoms with van der Waals surface area (Å²) in [6, 6.07) is 14.9. The fourth-order valence-corrected chi connectivity index (χ4v) is 2.16. The highest BCUT2D eigenvalue weighted by atomic mass is 16.5. The van der Waals surface area contributed by atoms with E-state index in [1.807, 2.05) is 49.4 Å². The third-order valence-electron chi connectivity index (χ3n) is 3.62. The van der Waals surface area contributed by atoms with Crippen LogP contribution in [-0.2, 0) is 9.59 Å². The molecule has 0 unspecified atom stereocenters. The molecule has 2 aromatic carbocycles. The standard InChI is InChI=1S/C20H24N2O4/c1-14(2)16-7-9-17(10-8-16)25-12-19(23)21-22-20(24)13-26-18-6-4-5-15(3)11-18/h4-11,14H,12-13H2,1-3H3,(H,21,23)(H,22,24). The Labute approximate surface area is 153 Å². The average Bonchev–Trinajstić information content (AvgIpc) is 2.63. The molecule has 138 valence electrons. The Bertz CT molecular complexity index is 742. The maximum Gasteiger partial charge on any atom is 0.276 e. The van der Waals surface area contributed by atoms with Crippen molar-refractivity contribution in [3.05, 3.63) is 59.7 Å². The third-order valence-corrected chi connectivity index (χ3v) is 3.62. The fraction of sp³-hybridized carbons (Fsp3) is 0.300. The summed E-state index contributed by atoms with van der Waals surface area (Å²) in [6.07, 6.45) is 0. The molecule has 0 spiro atoms. The van der Waals surface area contributed by atoms with Gasteiger partial charge in [0.25, 0.3) is 11.8 Å². The lowest BCUT2D eigenvalue weighted by Gasteiger charge is -2.11. The summed E-state index contributed by atoms with van der Waals surface area (Å²) in [4.78, 5) is 23.4. The number of hydrogen-bond donors (Lipinski definition) is 2. The first-order valence-electron chi connectivity index (χ1n) is 8.44. The van der Waals surface area contributed by atoms with Crippen LogP contribution in [0.5, 0.6) is 11.5 Å². The first-order valence-corrected chi connectivity index (χ1v) is 8.44. The molecule has 0 aromatic heterocycles. The number of rotatable bonds is 7. The van der Waals surface area contributed by atoms with Gasteiger partial charge in [-0.25, -0.2) is 0 Å². The van der Waals surface area contributed by atoms with Gasteiger partial charge in [-0.2, -0.15) is 0 Å². The molecule has 6 nitrogen and oxygen atoms in total. The van der Waals surface area contributed by atoms with E-state index < -0.39 is 11.8 Å². The zero-order chi connectivity index (χ0) is 18.9. The quantitative estimate of drug-likeness (QED) is 0.748. The maximum absolute atomic E-state index is 11.7. The number of benzene rings is 2. The van der Waals surface area contributed by atoms with Crippen LogP contribution >= 0.6 is 0 Å². The lowest BCUT2D eigenvalue weighted by molar-refractivity contribution is -0.131. The Balaban J connectivity index is 1.67. The Hall–Kier alpha value is -3.02. The monoisotopic (exact) mass is 356 g/mol. The van der Waals surface area contributed by atoms with Crippen molar-refractivity contribution in [3.63, 3.8) is 0 Å². The molecule has 0 aliphatic carbocycles. The molecule has 2 N–H and O–H groups in total. The number of hydrogen-bond acceptors (Lipinski definition) is 4. The molecule has 0 atom stereocenters. The molecule has 0 fully saturated rings. The minimum absolute atomic E-state index is 0.193. The second-order valence-electron chi connectivity index (χ2n) is 6.21. The first kappa shape index (κ1) is 19.3. The molecule has 2 amide bonds. The Morgan fingerprint density at radius 3 is 2.00 bits per heavy atom. The number of hydrazine groups is 1. The largest absolute Gasteiger partial charge is 0.484 e. The van der Waals surface area contributed by atoms with E-state index in [1.165, 1.54) is 5.56 Å². The average molecular weight is 356 g/mol. The predicted molar refractivity (Wildman–Crippen MR) is 99.0 cm³/mol. The molecule has 0 heterocycles. The molecule has 0 bridgehead atoms. The van der Waals surface area contributed by atoms with E-state index in [9.17, 15) is 9.59 Å². The topological polar surface area (TPSA) is 76.7 Å². The molecule has 0 aliphatic rings. The smallest absolute Gasteiger partial charge is 0.276 e. The van der Waals surface area contributed by atoms with Crippen LogP contribution in [0.2, 0.25) is 0 Å². The van der Waals surface area contributed by atoms with Gasteiger partial charge in [0.05, 0.1) is 0 Å². The minimum Gasteiger partial charge on any atom is -0.484 e. The number of carbonyl (C=O) groups is 2. The highest BCUT2D eigenvalue weighted by Crippen LogP contribution is 2.18. The zero-order valence-electron chi connectivity index (χ0n) is 15.2. The van der Waals surface area contributed by atoms with Gasteiger partial charge in [-0.1, -0.05) is 38.1 Å². The molecule has 0 saturated heterocycles. The summed E-state index contributed by atoms with van der Waals surface area (Å²) >= 11 is 0. The fourth-order valence-electron chi connectivity index (χ4n) is 2.16. The number of nitrogens with one attached hydrogen (secondary N) is 2. The Morgan fingerprint density at radius 1 is 0.885 bits per heavy atom. The van der Waals surface area contributed by atoms with Gasteiger partial charge in [0, 0.05) is 0 Å². The van der Waals surface area contributed by atoms with Crippen molar-refractivity contribution in [2.45, 2.75) is 26.7 Å². The summed E-state index contributed by atoms with van der Waals surface area (Å²) in [5, 5.41) is 0. The first-order chi connectivity index (χ1) is 12.4. The number of ether oxygens (including phenoxy) is 2. The summed E-state index contributed by atoms with van der Waals surface area (Å²) in [5.41, 5.74) is 6.80. The lowest BCUT2D eigenvalue weighted by atomic mass is 10.0. The molecule has 2 rings (SSSR count). The van der Waals surface area contributed by atoms with E-state index in [2.05, 4.69) is 24.7 Å². The molecular formula is C20H24N2O4. The van der Waals surface area contributed by atoms with E-state index in [4.69, 9.17) is 9.47 Å². The van der Waals surface area contributed by atoms with Crippen LogP contribution in [0, 0.1) is 6.92 Å². The third kappa shape index (κ3) is 6.47. The van der Waals surface area contributed by atoms with Gasteiger partial charge in [-0.15, -0.1) is 0 Å². The number of aryl methyl sites for hydroxylation is 1. The van der Waals surface area contributed by atoms with Crippen LogP contribution in [0.1, 0.15) is 30.9 Å². The summed E-state index contributed by atoms with van der Waals surface area (Å²) in [6.45, 7) is 5.76. The SMILES string of the molecule is Cc1cccc(OCC(=O)NNC(=O)COc2ccc(C(C)C)cc2)c1.